The second kappa shape index (κ2) is 9.35. The van der Waals surface area contributed by atoms with Gasteiger partial charge in [-0.05, 0) is 24.1 Å². The van der Waals surface area contributed by atoms with Gasteiger partial charge in [-0.1, -0.05) is 19.1 Å². The molecule has 0 radical (unpaired) electrons. The Bertz CT molecular complexity index is 383. The maximum absolute atomic E-state index is 11.5. The molecule has 0 spiro atoms. The van der Waals surface area contributed by atoms with Gasteiger partial charge in [0.05, 0.1) is 13.2 Å². The fourth-order valence-corrected chi connectivity index (χ4v) is 1.50. The van der Waals surface area contributed by atoms with E-state index >= 15 is 0 Å². The van der Waals surface area contributed by atoms with Crippen molar-refractivity contribution in [1.82, 2.24) is 5.32 Å². The first-order valence-electron chi connectivity index (χ1n) is 6.52. The van der Waals surface area contributed by atoms with Crippen LogP contribution in [0.15, 0.2) is 24.3 Å². The third-order valence-electron chi connectivity index (χ3n) is 2.51. The summed E-state index contributed by atoms with van der Waals surface area (Å²) in [6.07, 6.45) is 0.946. The standard InChI is InChI=1S/C14H22N2O3/c1-2-12-4-3-5-13(10-12)19-11-14(17)16-7-9-18-8-6-15/h3-5,10H,2,6-9,11,15H2,1H3,(H,16,17). The minimum atomic E-state index is -0.154. The molecule has 1 aromatic carbocycles. The number of nitrogens with one attached hydrogen (secondary N) is 1. The maximum Gasteiger partial charge on any atom is 0.258 e. The first-order valence-corrected chi connectivity index (χ1v) is 6.52. The van der Waals surface area contributed by atoms with E-state index in [2.05, 4.69) is 12.2 Å². The summed E-state index contributed by atoms with van der Waals surface area (Å²) < 4.78 is 10.6. The number of aryl methyl sites for hydroxylation is 1. The van der Waals surface area contributed by atoms with Crippen molar-refractivity contribution < 1.29 is 14.3 Å². The van der Waals surface area contributed by atoms with Gasteiger partial charge in [0.1, 0.15) is 5.75 Å². The first-order chi connectivity index (χ1) is 9.26. The summed E-state index contributed by atoms with van der Waals surface area (Å²) in [6, 6.07) is 7.74. The minimum absolute atomic E-state index is 0.0179. The summed E-state index contributed by atoms with van der Waals surface area (Å²) in [4.78, 5) is 11.5. The molecule has 106 valence electrons. The average molecular weight is 266 g/mol. The van der Waals surface area contributed by atoms with Crippen LogP contribution < -0.4 is 15.8 Å². The monoisotopic (exact) mass is 266 g/mol. The molecule has 19 heavy (non-hydrogen) atoms. The second-order valence-electron chi connectivity index (χ2n) is 4.04. The Morgan fingerprint density at radius 1 is 1.37 bits per heavy atom. The van der Waals surface area contributed by atoms with E-state index in [-0.39, 0.29) is 12.5 Å². The highest BCUT2D eigenvalue weighted by Crippen LogP contribution is 2.13. The summed E-state index contributed by atoms with van der Waals surface area (Å²) in [5.41, 5.74) is 6.46. The molecule has 0 unspecified atom stereocenters. The quantitative estimate of drug-likeness (QED) is 0.646. The number of carbonyl (C=O) groups is 1. The summed E-state index contributed by atoms with van der Waals surface area (Å²) in [6.45, 7) is 4.03. The van der Waals surface area contributed by atoms with Gasteiger partial charge in [0.2, 0.25) is 0 Å². The van der Waals surface area contributed by atoms with Crippen molar-refractivity contribution >= 4 is 5.91 Å². The van der Waals surface area contributed by atoms with Gasteiger partial charge in [0, 0.05) is 13.1 Å². The van der Waals surface area contributed by atoms with E-state index in [0.29, 0.717) is 32.1 Å². The molecular formula is C14H22N2O3. The second-order valence-corrected chi connectivity index (χ2v) is 4.04. The van der Waals surface area contributed by atoms with E-state index in [4.69, 9.17) is 15.2 Å². The molecule has 1 aromatic rings. The zero-order valence-electron chi connectivity index (χ0n) is 11.4. The van der Waals surface area contributed by atoms with Crippen LogP contribution in [0.5, 0.6) is 5.75 Å². The van der Waals surface area contributed by atoms with E-state index in [1.54, 1.807) is 0 Å². The number of ether oxygens (including phenoxy) is 2. The van der Waals surface area contributed by atoms with Gasteiger partial charge in [-0.15, -0.1) is 0 Å². The van der Waals surface area contributed by atoms with Crippen LogP contribution in [0, 0.1) is 0 Å². The summed E-state index contributed by atoms with van der Waals surface area (Å²) in [5.74, 6) is 0.562. The van der Waals surface area contributed by atoms with E-state index in [0.717, 1.165) is 6.42 Å². The highest BCUT2D eigenvalue weighted by Gasteiger charge is 2.02. The van der Waals surface area contributed by atoms with Crippen molar-refractivity contribution in [3.8, 4) is 5.75 Å². The van der Waals surface area contributed by atoms with Crippen LogP contribution in [0.3, 0.4) is 0 Å². The lowest BCUT2D eigenvalue weighted by Crippen LogP contribution is -2.32. The van der Waals surface area contributed by atoms with Crippen molar-refractivity contribution in [3.05, 3.63) is 29.8 Å². The topological polar surface area (TPSA) is 73.6 Å². The lowest BCUT2D eigenvalue weighted by atomic mass is 10.2. The van der Waals surface area contributed by atoms with Gasteiger partial charge in [-0.25, -0.2) is 0 Å². The van der Waals surface area contributed by atoms with Gasteiger partial charge in [0.25, 0.3) is 5.91 Å². The SMILES string of the molecule is CCc1cccc(OCC(=O)NCCOCCN)c1. The van der Waals surface area contributed by atoms with Gasteiger partial charge in [0.15, 0.2) is 6.61 Å². The van der Waals surface area contributed by atoms with Crippen LogP contribution in [-0.2, 0) is 16.0 Å². The molecule has 5 heteroatoms. The lowest BCUT2D eigenvalue weighted by Gasteiger charge is -2.08. The Morgan fingerprint density at radius 3 is 2.95 bits per heavy atom. The van der Waals surface area contributed by atoms with Crippen LogP contribution in [0.25, 0.3) is 0 Å². The predicted molar refractivity (Wildman–Crippen MR) is 74.2 cm³/mol. The van der Waals surface area contributed by atoms with Gasteiger partial charge in [-0.2, -0.15) is 0 Å². The van der Waals surface area contributed by atoms with Crippen LogP contribution in [0.4, 0.5) is 0 Å². The van der Waals surface area contributed by atoms with Gasteiger partial charge in [-0.3, -0.25) is 4.79 Å². The third kappa shape index (κ3) is 6.79. The third-order valence-corrected chi connectivity index (χ3v) is 2.51. The van der Waals surface area contributed by atoms with E-state index in [1.807, 2.05) is 24.3 Å². The maximum atomic E-state index is 11.5. The van der Waals surface area contributed by atoms with Crippen LogP contribution >= 0.6 is 0 Å². The molecule has 0 heterocycles. The molecular weight excluding hydrogens is 244 g/mol. The summed E-state index contributed by atoms with van der Waals surface area (Å²) >= 11 is 0. The average Bonchev–Trinajstić information content (AvgIpc) is 2.45. The number of amides is 1. The van der Waals surface area contributed by atoms with E-state index < -0.39 is 0 Å². The smallest absolute Gasteiger partial charge is 0.258 e. The number of benzene rings is 1. The lowest BCUT2D eigenvalue weighted by molar-refractivity contribution is -0.123. The normalized spacial score (nSPS) is 10.2. The number of nitrogens with two attached hydrogens (primary N) is 1. The van der Waals surface area contributed by atoms with Crippen LogP contribution in [0.1, 0.15) is 12.5 Å². The number of carbonyl (C=O) groups excluding carboxylic acids is 1. The van der Waals surface area contributed by atoms with Crippen LogP contribution in [0.2, 0.25) is 0 Å². The first kappa shape index (κ1) is 15.5. The van der Waals surface area contributed by atoms with Crippen molar-refractivity contribution in [2.24, 2.45) is 5.73 Å². The molecule has 5 nitrogen and oxygen atoms in total. The Kier molecular flexibility index (Phi) is 7.62. The largest absolute Gasteiger partial charge is 0.484 e. The Labute approximate surface area is 114 Å². The van der Waals surface area contributed by atoms with E-state index in [1.165, 1.54) is 5.56 Å². The van der Waals surface area contributed by atoms with Crippen LogP contribution in [-0.4, -0.2) is 38.8 Å². The summed E-state index contributed by atoms with van der Waals surface area (Å²) in [7, 11) is 0. The highest BCUT2D eigenvalue weighted by molar-refractivity contribution is 5.77. The van der Waals surface area contributed by atoms with Crippen molar-refractivity contribution in [2.75, 3.05) is 32.9 Å². The molecule has 0 bridgehead atoms. The van der Waals surface area contributed by atoms with Crippen molar-refractivity contribution in [2.45, 2.75) is 13.3 Å². The molecule has 1 rings (SSSR count). The number of rotatable bonds is 9. The van der Waals surface area contributed by atoms with Gasteiger partial charge < -0.3 is 20.5 Å². The van der Waals surface area contributed by atoms with Crippen molar-refractivity contribution in [1.29, 1.82) is 0 Å². The number of hydrogen-bond donors (Lipinski definition) is 2. The molecule has 1 amide bonds. The zero-order chi connectivity index (χ0) is 13.9. The zero-order valence-corrected chi connectivity index (χ0v) is 11.4. The summed E-state index contributed by atoms with van der Waals surface area (Å²) in [5, 5.41) is 2.71. The predicted octanol–water partition coefficient (Wildman–Crippen LogP) is 0.719. The Morgan fingerprint density at radius 2 is 2.21 bits per heavy atom. The molecule has 3 N–H and O–H groups in total. The molecule has 0 aliphatic rings. The fraction of sp³-hybridized carbons (Fsp3) is 0.500. The van der Waals surface area contributed by atoms with Crippen molar-refractivity contribution in [3.63, 3.8) is 0 Å². The molecule has 0 fully saturated rings. The molecule has 0 aliphatic heterocycles. The number of hydrogen-bond acceptors (Lipinski definition) is 4. The molecule has 0 saturated carbocycles. The highest BCUT2D eigenvalue weighted by atomic mass is 16.5. The molecule has 0 aliphatic carbocycles. The fourth-order valence-electron chi connectivity index (χ4n) is 1.50. The Balaban J connectivity index is 2.18. The molecule has 0 aromatic heterocycles. The van der Waals surface area contributed by atoms with Gasteiger partial charge >= 0.3 is 0 Å². The molecule has 0 atom stereocenters. The van der Waals surface area contributed by atoms with E-state index in [9.17, 15) is 4.79 Å². The minimum Gasteiger partial charge on any atom is -0.484 e. The molecule has 0 saturated heterocycles. The Hall–Kier alpha value is -1.59.